The minimum atomic E-state index is -0.429. The van der Waals surface area contributed by atoms with Gasteiger partial charge in [0, 0.05) is 23.7 Å². The fourth-order valence-corrected chi connectivity index (χ4v) is 2.61. The Balaban J connectivity index is 1.99. The van der Waals surface area contributed by atoms with E-state index < -0.39 is 5.79 Å². The first kappa shape index (κ1) is 12.1. The summed E-state index contributed by atoms with van der Waals surface area (Å²) < 4.78 is 6.81. The summed E-state index contributed by atoms with van der Waals surface area (Å²) in [6.07, 6.45) is 6.53. The van der Waals surface area contributed by atoms with Crippen molar-refractivity contribution in [3.05, 3.63) is 0 Å². The minimum Gasteiger partial charge on any atom is -0.347 e. The van der Waals surface area contributed by atoms with Gasteiger partial charge in [0.2, 0.25) is 5.79 Å². The van der Waals surface area contributed by atoms with Crippen LogP contribution in [0.5, 0.6) is 0 Å². The third kappa shape index (κ3) is 2.84. The third-order valence-electron chi connectivity index (χ3n) is 3.29. The molecule has 1 aliphatic carbocycles. The topological polar surface area (TPSA) is 27.7 Å². The van der Waals surface area contributed by atoms with E-state index >= 15 is 0 Å². The van der Waals surface area contributed by atoms with E-state index in [9.17, 15) is 0 Å². The summed E-state index contributed by atoms with van der Waals surface area (Å²) in [5.74, 6) is -0.429. The molecule has 1 aliphatic heterocycles. The Hall–Kier alpha value is 0.610. The van der Waals surface area contributed by atoms with Gasteiger partial charge < -0.3 is 4.74 Å². The van der Waals surface area contributed by atoms with Crippen molar-refractivity contribution in [1.82, 2.24) is 0 Å². The smallest absolute Gasteiger partial charge is 0.201 e. The number of halogens is 1. The fraction of sp³-hybridized carbons (Fsp3) is 1.00. The van der Waals surface area contributed by atoms with Crippen LogP contribution in [-0.2, 0) is 14.5 Å². The molecule has 2 rings (SSSR count). The highest BCUT2D eigenvalue weighted by Crippen LogP contribution is 2.37. The maximum absolute atomic E-state index is 5.88. The average molecular weight is 326 g/mol. The molecule has 1 saturated heterocycles. The van der Waals surface area contributed by atoms with Gasteiger partial charge in [-0.1, -0.05) is 29.0 Å². The maximum atomic E-state index is 5.88. The second-order valence-corrected chi connectivity index (χ2v) is 5.58. The van der Waals surface area contributed by atoms with Crippen LogP contribution in [-0.4, -0.2) is 22.4 Å². The van der Waals surface area contributed by atoms with Gasteiger partial charge in [-0.05, 0) is 19.8 Å². The van der Waals surface area contributed by atoms with Crippen molar-refractivity contribution < 1.29 is 14.5 Å². The van der Waals surface area contributed by atoms with Crippen molar-refractivity contribution in [2.24, 2.45) is 0 Å². The predicted octanol–water partition coefficient (Wildman–Crippen LogP) is 3.21. The summed E-state index contributed by atoms with van der Waals surface area (Å²) in [4.78, 5) is 11.2. The molecule has 88 valence electrons. The lowest BCUT2D eigenvalue weighted by molar-refractivity contribution is -0.448. The van der Waals surface area contributed by atoms with Crippen LogP contribution in [0.4, 0.5) is 0 Å². The molecule has 1 heterocycles. The number of ether oxygens (including phenoxy) is 1. The normalized spacial score (nSPS) is 36.4. The summed E-state index contributed by atoms with van der Waals surface area (Å²) >= 11 is 2.34. The highest BCUT2D eigenvalue weighted by Gasteiger charge is 2.41. The fourth-order valence-electron chi connectivity index (χ4n) is 2.10. The van der Waals surface area contributed by atoms with Crippen molar-refractivity contribution in [2.45, 2.75) is 56.8 Å². The molecule has 3 nitrogen and oxygen atoms in total. The molecule has 2 fully saturated rings. The first-order valence-electron chi connectivity index (χ1n) is 5.75. The van der Waals surface area contributed by atoms with Crippen LogP contribution in [0, 0.1) is 0 Å². The van der Waals surface area contributed by atoms with Gasteiger partial charge in [0.15, 0.2) is 0 Å². The van der Waals surface area contributed by atoms with E-state index in [1.54, 1.807) is 0 Å². The van der Waals surface area contributed by atoms with Gasteiger partial charge in [0.1, 0.15) is 5.60 Å². The van der Waals surface area contributed by atoms with E-state index in [0.717, 1.165) is 30.3 Å². The Kier molecular flexibility index (Phi) is 3.91. The highest BCUT2D eigenvalue weighted by atomic mass is 127. The molecule has 0 aromatic carbocycles. The molecule has 1 atom stereocenters. The minimum absolute atomic E-state index is 0.179. The molecule has 0 N–H and O–H groups in total. The van der Waals surface area contributed by atoms with Crippen molar-refractivity contribution in [1.29, 1.82) is 0 Å². The molecule has 1 spiro atoms. The van der Waals surface area contributed by atoms with Crippen molar-refractivity contribution in [2.75, 3.05) is 11.0 Å². The quantitative estimate of drug-likeness (QED) is 0.421. The number of alkyl halides is 1. The monoisotopic (exact) mass is 326 g/mol. The predicted molar refractivity (Wildman–Crippen MR) is 65.8 cm³/mol. The molecule has 0 amide bonds. The Labute approximate surface area is 105 Å². The molecule has 15 heavy (non-hydrogen) atoms. The molecule has 1 saturated carbocycles. The second-order valence-electron chi connectivity index (χ2n) is 4.82. The average Bonchev–Trinajstić information content (AvgIpc) is 2.42. The molecule has 2 aliphatic rings. The van der Waals surface area contributed by atoms with Crippen LogP contribution in [0.1, 0.15) is 45.4 Å². The highest BCUT2D eigenvalue weighted by molar-refractivity contribution is 14.1. The zero-order valence-corrected chi connectivity index (χ0v) is 11.4. The summed E-state index contributed by atoms with van der Waals surface area (Å²) in [5.41, 5.74) is -0.179. The molecular formula is C11H19IO3. The Morgan fingerprint density at radius 3 is 2.47 bits per heavy atom. The molecule has 0 bridgehead atoms. The van der Waals surface area contributed by atoms with E-state index in [1.807, 2.05) is 0 Å². The van der Waals surface area contributed by atoms with Crippen LogP contribution >= 0.6 is 22.6 Å². The van der Waals surface area contributed by atoms with Gasteiger partial charge in [0.25, 0.3) is 0 Å². The largest absolute Gasteiger partial charge is 0.347 e. The third-order valence-corrected chi connectivity index (χ3v) is 4.90. The van der Waals surface area contributed by atoms with E-state index in [-0.39, 0.29) is 5.60 Å². The summed E-state index contributed by atoms with van der Waals surface area (Å²) in [6.45, 7) is 2.84. The first-order valence-corrected chi connectivity index (χ1v) is 7.27. The number of rotatable bonds is 1. The van der Waals surface area contributed by atoms with Crippen molar-refractivity contribution in [3.63, 3.8) is 0 Å². The maximum Gasteiger partial charge on any atom is 0.201 e. The van der Waals surface area contributed by atoms with Crippen LogP contribution in [0.2, 0.25) is 0 Å². The van der Waals surface area contributed by atoms with Gasteiger partial charge >= 0.3 is 0 Å². The van der Waals surface area contributed by atoms with Gasteiger partial charge in [-0.3, -0.25) is 0 Å². The Bertz CT molecular complexity index is 216. The summed E-state index contributed by atoms with van der Waals surface area (Å²) in [7, 11) is 0. The number of hydrogen-bond acceptors (Lipinski definition) is 3. The number of hydrogen-bond donors (Lipinski definition) is 0. The molecule has 1 unspecified atom stereocenters. The standard InChI is InChI=1S/C11H19IO3/c1-10(9-12)7-8-13-11(15-14-10)5-3-2-4-6-11/h2-9H2,1H3. The second kappa shape index (κ2) is 4.85. The lowest BCUT2D eigenvalue weighted by atomic mass is 9.94. The zero-order chi connectivity index (χ0) is 10.8. The molecular weight excluding hydrogens is 307 g/mol. The molecule has 0 radical (unpaired) electrons. The van der Waals surface area contributed by atoms with E-state index in [1.165, 1.54) is 19.3 Å². The molecule has 0 aromatic rings. The SMILES string of the molecule is CC1(CI)CCOC2(CCCCC2)OO1. The van der Waals surface area contributed by atoms with Gasteiger partial charge in [-0.2, -0.15) is 0 Å². The lowest BCUT2D eigenvalue weighted by Crippen LogP contribution is -2.38. The van der Waals surface area contributed by atoms with Crippen LogP contribution in [0.3, 0.4) is 0 Å². The Morgan fingerprint density at radius 1 is 1.07 bits per heavy atom. The van der Waals surface area contributed by atoms with Crippen LogP contribution in [0.25, 0.3) is 0 Å². The molecule has 0 aromatic heterocycles. The van der Waals surface area contributed by atoms with Gasteiger partial charge in [-0.15, -0.1) is 0 Å². The van der Waals surface area contributed by atoms with Gasteiger partial charge in [-0.25, -0.2) is 9.78 Å². The van der Waals surface area contributed by atoms with Gasteiger partial charge in [0.05, 0.1) is 6.61 Å². The Morgan fingerprint density at radius 2 is 1.80 bits per heavy atom. The van der Waals surface area contributed by atoms with E-state index in [2.05, 4.69) is 29.5 Å². The first-order chi connectivity index (χ1) is 7.18. The van der Waals surface area contributed by atoms with E-state index in [0.29, 0.717) is 0 Å². The molecule has 4 heteroatoms. The summed E-state index contributed by atoms with van der Waals surface area (Å²) in [6, 6.07) is 0. The van der Waals surface area contributed by atoms with Crippen molar-refractivity contribution in [3.8, 4) is 0 Å². The summed E-state index contributed by atoms with van der Waals surface area (Å²) in [5, 5.41) is 0. The van der Waals surface area contributed by atoms with Crippen LogP contribution < -0.4 is 0 Å². The van der Waals surface area contributed by atoms with Crippen LogP contribution in [0.15, 0.2) is 0 Å². The zero-order valence-electron chi connectivity index (χ0n) is 9.26. The lowest BCUT2D eigenvalue weighted by Gasteiger charge is -2.34. The van der Waals surface area contributed by atoms with Crippen molar-refractivity contribution >= 4 is 22.6 Å². The van der Waals surface area contributed by atoms with E-state index in [4.69, 9.17) is 14.5 Å².